The van der Waals surface area contributed by atoms with Gasteiger partial charge in [-0.3, -0.25) is 0 Å². The molecule has 2 aromatic heterocycles. The number of tetrazole rings is 1. The Morgan fingerprint density at radius 2 is 1.77 bits per heavy atom. The average molecular weight is 342 g/mol. The molecule has 0 saturated carbocycles. The maximum absolute atomic E-state index is 5.51. The third kappa shape index (κ3) is 3.19. The molecule has 0 spiro atoms. The Labute approximate surface area is 151 Å². The Morgan fingerprint density at radius 3 is 2.46 bits per heavy atom. The van der Waals surface area contributed by atoms with Crippen LogP contribution in [0.25, 0.3) is 34.9 Å². The molecule has 0 aliphatic heterocycles. The summed E-state index contributed by atoms with van der Waals surface area (Å²) in [6, 6.07) is 16.3. The number of H-pyrrole nitrogens is 1. The van der Waals surface area contributed by atoms with Crippen LogP contribution < -0.4 is 0 Å². The minimum absolute atomic E-state index is 0.593. The largest absolute Gasteiger partial charge is 0.464 e. The van der Waals surface area contributed by atoms with E-state index in [0.717, 1.165) is 22.5 Å². The van der Waals surface area contributed by atoms with Gasteiger partial charge in [-0.2, -0.15) is 5.21 Å². The summed E-state index contributed by atoms with van der Waals surface area (Å²) in [6.45, 7) is 4.24. The van der Waals surface area contributed by atoms with Crippen molar-refractivity contribution in [2.75, 3.05) is 0 Å². The molecule has 4 aromatic rings. The maximum Gasteiger partial charge on any atom is 0.204 e. The van der Waals surface area contributed by atoms with E-state index in [1.54, 1.807) is 6.26 Å². The number of nitrogens with zero attached hydrogens (tertiary/aromatic N) is 3. The predicted octanol–water partition coefficient (Wildman–Crippen LogP) is 4.91. The van der Waals surface area contributed by atoms with Crippen molar-refractivity contribution in [3.63, 3.8) is 0 Å². The van der Waals surface area contributed by atoms with Crippen LogP contribution in [0.4, 0.5) is 0 Å². The SMILES string of the molecule is Cc1cc(-c2ccco2)cc(C)c1/C=C/c1cccc(-c2nn[nH]n2)c1. The lowest BCUT2D eigenvalue weighted by molar-refractivity contribution is 0.582. The van der Waals surface area contributed by atoms with Gasteiger partial charge < -0.3 is 4.42 Å². The molecule has 5 nitrogen and oxygen atoms in total. The second-order valence-electron chi connectivity index (χ2n) is 6.20. The number of benzene rings is 2. The Balaban J connectivity index is 1.64. The highest BCUT2D eigenvalue weighted by Gasteiger charge is 2.07. The van der Waals surface area contributed by atoms with Crippen molar-refractivity contribution in [3.05, 3.63) is 77.0 Å². The van der Waals surface area contributed by atoms with Gasteiger partial charge in [0.25, 0.3) is 0 Å². The van der Waals surface area contributed by atoms with Gasteiger partial charge >= 0.3 is 0 Å². The van der Waals surface area contributed by atoms with E-state index in [1.807, 2.05) is 30.3 Å². The quantitative estimate of drug-likeness (QED) is 0.535. The van der Waals surface area contributed by atoms with Gasteiger partial charge in [-0.1, -0.05) is 30.4 Å². The van der Waals surface area contributed by atoms with E-state index in [-0.39, 0.29) is 0 Å². The van der Waals surface area contributed by atoms with Crippen LogP contribution >= 0.6 is 0 Å². The molecule has 0 bridgehead atoms. The second-order valence-corrected chi connectivity index (χ2v) is 6.20. The maximum atomic E-state index is 5.51. The monoisotopic (exact) mass is 342 g/mol. The summed E-state index contributed by atoms with van der Waals surface area (Å²) in [7, 11) is 0. The number of aromatic nitrogens is 4. The topological polar surface area (TPSA) is 67.6 Å². The lowest BCUT2D eigenvalue weighted by Crippen LogP contribution is -1.89. The third-order valence-electron chi connectivity index (χ3n) is 4.33. The zero-order valence-corrected chi connectivity index (χ0v) is 14.6. The molecule has 0 fully saturated rings. The molecule has 0 unspecified atom stereocenters. The molecule has 0 radical (unpaired) electrons. The molecule has 5 heteroatoms. The lowest BCUT2D eigenvalue weighted by atomic mass is 9.97. The average Bonchev–Trinajstić information content (AvgIpc) is 3.35. The molecule has 128 valence electrons. The molecular formula is C21H18N4O. The molecule has 2 heterocycles. The summed E-state index contributed by atoms with van der Waals surface area (Å²) < 4.78 is 5.51. The van der Waals surface area contributed by atoms with Crippen molar-refractivity contribution in [2.45, 2.75) is 13.8 Å². The van der Waals surface area contributed by atoms with Crippen molar-refractivity contribution in [1.29, 1.82) is 0 Å². The standard InChI is InChI=1S/C21H18N4O/c1-14-11-18(20-7-4-10-26-20)12-15(2)19(14)9-8-16-5-3-6-17(13-16)21-22-24-25-23-21/h3-13H,1-2H3,(H,22,23,24,25)/b9-8+. The van der Waals surface area contributed by atoms with Crippen molar-refractivity contribution in [2.24, 2.45) is 0 Å². The van der Waals surface area contributed by atoms with Gasteiger partial charge in [0.05, 0.1) is 6.26 Å². The van der Waals surface area contributed by atoms with Crippen LogP contribution in [0.3, 0.4) is 0 Å². The summed E-state index contributed by atoms with van der Waals surface area (Å²) >= 11 is 0. The normalized spacial score (nSPS) is 11.3. The van der Waals surface area contributed by atoms with Gasteiger partial charge in [0.1, 0.15) is 5.76 Å². The van der Waals surface area contributed by atoms with E-state index in [1.165, 1.54) is 16.7 Å². The first-order valence-electron chi connectivity index (χ1n) is 8.38. The molecule has 0 aliphatic carbocycles. The van der Waals surface area contributed by atoms with Crippen LogP contribution in [-0.2, 0) is 0 Å². The first kappa shape index (κ1) is 16.0. The number of hydrogen-bond acceptors (Lipinski definition) is 4. The highest BCUT2D eigenvalue weighted by atomic mass is 16.3. The van der Waals surface area contributed by atoms with Crippen LogP contribution in [0, 0.1) is 13.8 Å². The highest BCUT2D eigenvalue weighted by molar-refractivity contribution is 5.76. The first-order valence-corrected chi connectivity index (χ1v) is 8.38. The molecule has 0 atom stereocenters. The minimum atomic E-state index is 0.593. The molecule has 1 N–H and O–H groups in total. The summed E-state index contributed by atoms with van der Waals surface area (Å²) in [5.74, 6) is 1.48. The molecular weight excluding hydrogens is 324 g/mol. The Hall–Kier alpha value is -3.47. The van der Waals surface area contributed by atoms with Gasteiger partial charge in [0.2, 0.25) is 5.82 Å². The summed E-state index contributed by atoms with van der Waals surface area (Å²) in [5.41, 5.74) is 6.75. The molecule has 2 aromatic carbocycles. The summed E-state index contributed by atoms with van der Waals surface area (Å²) in [6.07, 6.45) is 5.95. The first-order chi connectivity index (χ1) is 12.7. The van der Waals surface area contributed by atoms with E-state index < -0.39 is 0 Å². The molecule has 4 rings (SSSR count). The lowest BCUT2D eigenvalue weighted by Gasteiger charge is -2.08. The van der Waals surface area contributed by atoms with Gasteiger partial charge in [-0.15, -0.1) is 10.2 Å². The van der Waals surface area contributed by atoms with Gasteiger partial charge in [0, 0.05) is 11.1 Å². The predicted molar refractivity (Wildman–Crippen MR) is 102 cm³/mol. The Kier molecular flexibility index (Phi) is 4.19. The van der Waals surface area contributed by atoms with Crippen molar-refractivity contribution in [1.82, 2.24) is 20.6 Å². The zero-order chi connectivity index (χ0) is 17.9. The summed E-state index contributed by atoms with van der Waals surface area (Å²) in [5, 5.41) is 14.1. The van der Waals surface area contributed by atoms with Gasteiger partial charge in [0.15, 0.2) is 0 Å². The Bertz CT molecular complexity index is 1020. The van der Waals surface area contributed by atoms with E-state index in [4.69, 9.17) is 4.42 Å². The highest BCUT2D eigenvalue weighted by Crippen LogP contribution is 2.27. The van der Waals surface area contributed by atoms with Crippen molar-refractivity contribution in [3.8, 4) is 22.7 Å². The number of aryl methyl sites for hydroxylation is 2. The van der Waals surface area contributed by atoms with E-state index in [2.05, 4.69) is 64.8 Å². The van der Waals surface area contributed by atoms with Crippen LogP contribution in [0.15, 0.2) is 59.2 Å². The van der Waals surface area contributed by atoms with Gasteiger partial charge in [-0.05, 0) is 71.6 Å². The Morgan fingerprint density at radius 1 is 0.923 bits per heavy atom. The number of nitrogens with one attached hydrogen (secondary N) is 1. The van der Waals surface area contributed by atoms with Crippen LogP contribution in [0.2, 0.25) is 0 Å². The molecule has 0 amide bonds. The number of furan rings is 1. The van der Waals surface area contributed by atoms with Crippen LogP contribution in [0.1, 0.15) is 22.3 Å². The summed E-state index contributed by atoms with van der Waals surface area (Å²) in [4.78, 5) is 0. The van der Waals surface area contributed by atoms with Crippen LogP contribution in [-0.4, -0.2) is 20.6 Å². The van der Waals surface area contributed by atoms with Crippen LogP contribution in [0.5, 0.6) is 0 Å². The number of rotatable bonds is 4. The fourth-order valence-corrected chi connectivity index (χ4v) is 3.07. The third-order valence-corrected chi connectivity index (χ3v) is 4.33. The zero-order valence-electron chi connectivity index (χ0n) is 14.6. The smallest absolute Gasteiger partial charge is 0.204 e. The fourth-order valence-electron chi connectivity index (χ4n) is 3.07. The number of aromatic amines is 1. The van der Waals surface area contributed by atoms with Crippen molar-refractivity contribution >= 4 is 12.2 Å². The van der Waals surface area contributed by atoms with E-state index in [0.29, 0.717) is 5.82 Å². The number of hydrogen-bond donors (Lipinski definition) is 1. The fraction of sp³-hybridized carbons (Fsp3) is 0.0952. The van der Waals surface area contributed by atoms with Crippen molar-refractivity contribution < 1.29 is 4.42 Å². The van der Waals surface area contributed by atoms with Gasteiger partial charge in [-0.25, -0.2) is 0 Å². The van der Waals surface area contributed by atoms with E-state index in [9.17, 15) is 0 Å². The molecule has 0 aliphatic rings. The second kappa shape index (κ2) is 6.80. The molecule has 26 heavy (non-hydrogen) atoms. The van der Waals surface area contributed by atoms with E-state index >= 15 is 0 Å². The minimum Gasteiger partial charge on any atom is -0.464 e. The molecule has 0 saturated heterocycles.